The van der Waals surface area contributed by atoms with Gasteiger partial charge in [0.15, 0.2) is 0 Å². The third-order valence-electron chi connectivity index (χ3n) is 2.22. The van der Waals surface area contributed by atoms with E-state index in [9.17, 15) is 0 Å². The van der Waals surface area contributed by atoms with E-state index in [1.54, 1.807) is 23.9 Å². The predicted molar refractivity (Wildman–Crippen MR) is 70.8 cm³/mol. The Morgan fingerprint density at radius 2 is 2.00 bits per heavy atom. The Hall–Kier alpha value is -0.710. The zero-order valence-electron chi connectivity index (χ0n) is 8.34. The van der Waals surface area contributed by atoms with Gasteiger partial charge in [-0.2, -0.15) is 5.10 Å². The van der Waals surface area contributed by atoms with Crippen molar-refractivity contribution in [1.82, 2.24) is 9.78 Å². The van der Waals surface area contributed by atoms with Gasteiger partial charge in [0.05, 0.1) is 14.5 Å². The van der Waals surface area contributed by atoms with E-state index in [1.165, 1.54) is 0 Å². The summed E-state index contributed by atoms with van der Waals surface area (Å²) in [4.78, 5) is 0. The maximum absolute atomic E-state index is 5.95. The molecular weight excluding hydrogens is 313 g/mol. The first-order chi connectivity index (χ1) is 7.50. The zero-order valence-corrected chi connectivity index (χ0v) is 11.4. The molecule has 0 radical (unpaired) electrons. The highest BCUT2D eigenvalue weighted by Gasteiger charge is 2.13. The number of rotatable bonds is 1. The Bertz CT molecular complexity index is 551. The van der Waals surface area contributed by atoms with Gasteiger partial charge in [0, 0.05) is 12.6 Å². The number of benzene rings is 1. The maximum atomic E-state index is 5.95. The van der Waals surface area contributed by atoms with Crippen LogP contribution >= 0.6 is 39.1 Å². The van der Waals surface area contributed by atoms with Crippen LogP contribution in [0.5, 0.6) is 0 Å². The summed E-state index contributed by atoms with van der Waals surface area (Å²) in [6, 6.07) is 5.34. The standard InChI is InChI=1S/C10H8BrCl2N3/c1-16-10(14)8(11)9(15-16)5-2-3-6(12)7(13)4-5/h2-4H,14H2,1H3. The Labute approximate surface area is 111 Å². The second-order valence-corrected chi connectivity index (χ2v) is 4.91. The smallest absolute Gasteiger partial charge is 0.136 e. The SMILES string of the molecule is Cn1nc(-c2ccc(Cl)c(Cl)c2)c(Br)c1N. The minimum Gasteiger partial charge on any atom is -0.383 e. The van der Waals surface area contributed by atoms with Crippen LogP contribution in [0.15, 0.2) is 22.7 Å². The number of anilines is 1. The minimum absolute atomic E-state index is 0.496. The molecule has 6 heteroatoms. The highest BCUT2D eigenvalue weighted by atomic mass is 79.9. The number of hydrogen-bond donors (Lipinski definition) is 1. The van der Waals surface area contributed by atoms with Gasteiger partial charge in [0.2, 0.25) is 0 Å². The van der Waals surface area contributed by atoms with Crippen molar-refractivity contribution in [2.75, 3.05) is 5.73 Å². The third-order valence-corrected chi connectivity index (χ3v) is 3.75. The van der Waals surface area contributed by atoms with E-state index in [1.807, 2.05) is 6.07 Å². The van der Waals surface area contributed by atoms with Crippen LogP contribution < -0.4 is 5.73 Å². The number of nitrogen functional groups attached to an aromatic ring is 1. The van der Waals surface area contributed by atoms with Crippen molar-refractivity contribution in [3.05, 3.63) is 32.7 Å². The lowest BCUT2D eigenvalue weighted by Gasteiger charge is -2.00. The first kappa shape index (κ1) is 11.8. The number of aryl methyl sites for hydroxylation is 1. The lowest BCUT2D eigenvalue weighted by atomic mass is 10.1. The van der Waals surface area contributed by atoms with Crippen LogP contribution in [0.25, 0.3) is 11.3 Å². The molecule has 0 spiro atoms. The molecule has 84 valence electrons. The molecule has 2 aromatic rings. The van der Waals surface area contributed by atoms with E-state index in [4.69, 9.17) is 28.9 Å². The lowest BCUT2D eigenvalue weighted by Crippen LogP contribution is -1.97. The second-order valence-electron chi connectivity index (χ2n) is 3.30. The van der Waals surface area contributed by atoms with Gasteiger partial charge in [0.25, 0.3) is 0 Å². The van der Waals surface area contributed by atoms with E-state index < -0.39 is 0 Å². The summed E-state index contributed by atoms with van der Waals surface area (Å²) in [6.07, 6.45) is 0. The second kappa shape index (κ2) is 4.28. The van der Waals surface area contributed by atoms with E-state index in [-0.39, 0.29) is 0 Å². The molecule has 0 bridgehead atoms. The molecule has 0 aliphatic carbocycles. The highest BCUT2D eigenvalue weighted by Crippen LogP contribution is 2.34. The van der Waals surface area contributed by atoms with E-state index in [0.717, 1.165) is 15.7 Å². The van der Waals surface area contributed by atoms with Crippen molar-refractivity contribution in [2.24, 2.45) is 7.05 Å². The van der Waals surface area contributed by atoms with Gasteiger partial charge >= 0.3 is 0 Å². The molecule has 0 unspecified atom stereocenters. The van der Waals surface area contributed by atoms with Gasteiger partial charge < -0.3 is 5.73 Å². The average molecular weight is 321 g/mol. The summed E-state index contributed by atoms with van der Waals surface area (Å²) >= 11 is 15.2. The Morgan fingerprint density at radius 1 is 1.31 bits per heavy atom. The summed E-state index contributed by atoms with van der Waals surface area (Å²) in [5.74, 6) is 0.570. The molecular formula is C10H8BrCl2N3. The molecule has 0 saturated heterocycles. The Balaban J connectivity index is 2.59. The highest BCUT2D eigenvalue weighted by molar-refractivity contribution is 9.10. The summed E-state index contributed by atoms with van der Waals surface area (Å²) in [7, 11) is 1.78. The predicted octanol–water partition coefficient (Wildman–Crippen LogP) is 3.74. The lowest BCUT2D eigenvalue weighted by molar-refractivity contribution is 0.782. The fourth-order valence-corrected chi connectivity index (χ4v) is 2.20. The van der Waals surface area contributed by atoms with Crippen LogP contribution in [-0.2, 0) is 7.05 Å². The van der Waals surface area contributed by atoms with Gasteiger partial charge in [-0.3, -0.25) is 4.68 Å². The topological polar surface area (TPSA) is 43.8 Å². The normalized spacial score (nSPS) is 10.8. The molecule has 2 rings (SSSR count). The quantitative estimate of drug-likeness (QED) is 0.870. The van der Waals surface area contributed by atoms with Crippen molar-refractivity contribution in [1.29, 1.82) is 0 Å². The van der Waals surface area contributed by atoms with Crippen LogP contribution in [0, 0.1) is 0 Å². The molecule has 1 aromatic heterocycles. The molecule has 2 N–H and O–H groups in total. The van der Waals surface area contributed by atoms with Crippen LogP contribution in [0.2, 0.25) is 10.0 Å². The number of nitrogens with two attached hydrogens (primary N) is 1. The number of aromatic nitrogens is 2. The van der Waals surface area contributed by atoms with Gasteiger partial charge in [-0.1, -0.05) is 29.3 Å². The Kier molecular flexibility index (Phi) is 3.15. The summed E-state index contributed by atoms with van der Waals surface area (Å²) in [6.45, 7) is 0. The largest absolute Gasteiger partial charge is 0.383 e. The van der Waals surface area contributed by atoms with Crippen molar-refractivity contribution in [3.63, 3.8) is 0 Å². The van der Waals surface area contributed by atoms with Crippen LogP contribution in [0.4, 0.5) is 5.82 Å². The van der Waals surface area contributed by atoms with E-state index in [0.29, 0.717) is 15.9 Å². The fourth-order valence-electron chi connectivity index (χ4n) is 1.34. The van der Waals surface area contributed by atoms with E-state index in [2.05, 4.69) is 21.0 Å². The number of nitrogens with zero attached hydrogens (tertiary/aromatic N) is 2. The van der Waals surface area contributed by atoms with Crippen molar-refractivity contribution in [2.45, 2.75) is 0 Å². The van der Waals surface area contributed by atoms with Gasteiger partial charge in [0.1, 0.15) is 11.5 Å². The average Bonchev–Trinajstić information content (AvgIpc) is 2.50. The number of halogens is 3. The number of hydrogen-bond acceptors (Lipinski definition) is 2. The summed E-state index contributed by atoms with van der Waals surface area (Å²) < 4.78 is 2.36. The monoisotopic (exact) mass is 319 g/mol. The van der Waals surface area contributed by atoms with Gasteiger partial charge in [-0.05, 0) is 28.1 Å². The van der Waals surface area contributed by atoms with Crippen molar-refractivity contribution < 1.29 is 0 Å². The molecule has 0 saturated carbocycles. The molecule has 0 aliphatic rings. The van der Waals surface area contributed by atoms with Crippen LogP contribution in [0.3, 0.4) is 0 Å². The van der Waals surface area contributed by atoms with Gasteiger partial charge in [-0.25, -0.2) is 0 Å². The zero-order chi connectivity index (χ0) is 11.9. The maximum Gasteiger partial charge on any atom is 0.136 e. The first-order valence-corrected chi connectivity index (χ1v) is 5.99. The molecule has 0 amide bonds. The fraction of sp³-hybridized carbons (Fsp3) is 0.100. The Morgan fingerprint density at radius 3 is 2.50 bits per heavy atom. The summed E-state index contributed by atoms with van der Waals surface area (Å²) in [5, 5.41) is 5.31. The minimum atomic E-state index is 0.496. The third kappa shape index (κ3) is 1.93. The summed E-state index contributed by atoms with van der Waals surface area (Å²) in [5.41, 5.74) is 7.42. The first-order valence-electron chi connectivity index (χ1n) is 4.44. The molecule has 1 heterocycles. The van der Waals surface area contributed by atoms with Crippen molar-refractivity contribution in [3.8, 4) is 11.3 Å². The molecule has 0 fully saturated rings. The molecule has 3 nitrogen and oxygen atoms in total. The molecule has 0 atom stereocenters. The van der Waals surface area contributed by atoms with E-state index >= 15 is 0 Å². The van der Waals surface area contributed by atoms with Gasteiger partial charge in [-0.15, -0.1) is 0 Å². The molecule has 0 aliphatic heterocycles. The van der Waals surface area contributed by atoms with Crippen LogP contribution in [-0.4, -0.2) is 9.78 Å². The molecule has 1 aromatic carbocycles. The van der Waals surface area contributed by atoms with Crippen molar-refractivity contribution >= 4 is 44.9 Å². The van der Waals surface area contributed by atoms with Crippen LogP contribution in [0.1, 0.15) is 0 Å². The molecule has 16 heavy (non-hydrogen) atoms.